The van der Waals surface area contributed by atoms with Crippen LogP contribution in [0.25, 0.3) is 17.0 Å². The molecule has 1 saturated heterocycles. The monoisotopic (exact) mass is 441 g/mol. The summed E-state index contributed by atoms with van der Waals surface area (Å²) >= 11 is 0. The van der Waals surface area contributed by atoms with E-state index in [-0.39, 0.29) is 22.9 Å². The van der Waals surface area contributed by atoms with E-state index in [9.17, 15) is 27.1 Å². The van der Waals surface area contributed by atoms with Gasteiger partial charge in [-0.05, 0) is 38.1 Å². The van der Waals surface area contributed by atoms with Gasteiger partial charge in [0.1, 0.15) is 23.3 Å². The lowest BCUT2D eigenvalue weighted by Gasteiger charge is -2.28. The van der Waals surface area contributed by atoms with Gasteiger partial charge in [0.25, 0.3) is 0 Å². The average Bonchev–Trinajstić information content (AvgIpc) is 3.13. The molecule has 0 amide bonds. The SMILES string of the molecule is CC(O)(c1ccc2ncc(-c3nc(N[C@H]4CNCC[C@@H]4F)ccc3F)n2c1)C(F)(F)F. The quantitative estimate of drug-likeness (QED) is 0.541. The topological polar surface area (TPSA) is 74.5 Å². The molecular formula is C20H20F5N5O. The molecule has 0 saturated carbocycles. The van der Waals surface area contributed by atoms with Crippen LogP contribution in [0.1, 0.15) is 18.9 Å². The fourth-order valence-corrected chi connectivity index (χ4v) is 3.47. The molecule has 0 spiro atoms. The number of piperidine rings is 1. The predicted octanol–water partition coefficient (Wildman–Crippen LogP) is 3.42. The maximum atomic E-state index is 14.6. The third kappa shape index (κ3) is 3.94. The second kappa shape index (κ2) is 7.72. The van der Waals surface area contributed by atoms with Crippen LogP contribution in [0.4, 0.5) is 27.8 Å². The number of aromatic nitrogens is 3. The van der Waals surface area contributed by atoms with Gasteiger partial charge in [-0.1, -0.05) is 6.07 Å². The maximum absolute atomic E-state index is 14.6. The molecule has 3 atom stereocenters. The molecule has 1 fully saturated rings. The van der Waals surface area contributed by atoms with Crippen molar-refractivity contribution in [2.45, 2.75) is 37.3 Å². The van der Waals surface area contributed by atoms with Gasteiger partial charge in [-0.3, -0.25) is 4.40 Å². The van der Waals surface area contributed by atoms with Crippen molar-refractivity contribution in [1.82, 2.24) is 19.7 Å². The first-order valence-electron chi connectivity index (χ1n) is 9.63. The summed E-state index contributed by atoms with van der Waals surface area (Å²) in [5, 5.41) is 16.0. The van der Waals surface area contributed by atoms with Gasteiger partial charge >= 0.3 is 6.18 Å². The van der Waals surface area contributed by atoms with Crippen LogP contribution in [0.3, 0.4) is 0 Å². The number of alkyl halides is 4. The number of nitrogens with one attached hydrogen (secondary N) is 2. The fourth-order valence-electron chi connectivity index (χ4n) is 3.47. The molecule has 6 nitrogen and oxygen atoms in total. The fraction of sp³-hybridized carbons (Fsp3) is 0.400. The van der Waals surface area contributed by atoms with Gasteiger partial charge in [-0.25, -0.2) is 18.7 Å². The Morgan fingerprint density at radius 1 is 1.23 bits per heavy atom. The number of nitrogens with zero attached hydrogens (tertiary/aromatic N) is 3. The molecule has 0 aromatic carbocycles. The number of imidazole rings is 1. The molecule has 3 aromatic heterocycles. The number of hydrogen-bond acceptors (Lipinski definition) is 5. The zero-order chi connectivity index (χ0) is 22.4. The van der Waals surface area contributed by atoms with E-state index in [0.29, 0.717) is 26.4 Å². The van der Waals surface area contributed by atoms with Crippen molar-refractivity contribution in [2.75, 3.05) is 18.4 Å². The highest BCUT2D eigenvalue weighted by Crippen LogP contribution is 2.39. The maximum Gasteiger partial charge on any atom is 0.421 e. The van der Waals surface area contributed by atoms with E-state index in [2.05, 4.69) is 20.6 Å². The molecule has 166 valence electrons. The van der Waals surface area contributed by atoms with E-state index in [1.165, 1.54) is 22.7 Å². The van der Waals surface area contributed by atoms with E-state index < -0.39 is 35.4 Å². The molecule has 0 aliphatic carbocycles. The van der Waals surface area contributed by atoms with Crippen molar-refractivity contribution < 1.29 is 27.1 Å². The van der Waals surface area contributed by atoms with Crippen LogP contribution < -0.4 is 10.6 Å². The standard InChI is InChI=1S/C20H20F5N5O/c1-19(31,20(23,24)25)11-2-5-17-27-9-15(30(17)10-11)18-13(22)3-4-16(29-18)28-14-8-26-7-6-12(14)21/h2-5,9-10,12,14,26,31H,6-8H2,1H3,(H,28,29)/t12-,14-,19?/m0/s1. The Kier molecular flexibility index (Phi) is 5.34. The van der Waals surface area contributed by atoms with Crippen LogP contribution in [0.5, 0.6) is 0 Å². The van der Waals surface area contributed by atoms with Crippen LogP contribution in [0.2, 0.25) is 0 Å². The van der Waals surface area contributed by atoms with E-state index in [4.69, 9.17) is 0 Å². The lowest BCUT2D eigenvalue weighted by molar-refractivity contribution is -0.259. The molecule has 3 N–H and O–H groups in total. The number of aliphatic hydroxyl groups is 1. The van der Waals surface area contributed by atoms with Crippen LogP contribution in [-0.4, -0.2) is 51.0 Å². The first-order valence-corrected chi connectivity index (χ1v) is 9.63. The van der Waals surface area contributed by atoms with E-state index in [1.807, 2.05) is 0 Å². The highest BCUT2D eigenvalue weighted by Gasteiger charge is 2.51. The van der Waals surface area contributed by atoms with Crippen molar-refractivity contribution in [2.24, 2.45) is 0 Å². The van der Waals surface area contributed by atoms with Crippen molar-refractivity contribution >= 4 is 11.5 Å². The minimum Gasteiger partial charge on any atom is -0.376 e. The second-order valence-corrected chi connectivity index (χ2v) is 7.65. The molecule has 0 bridgehead atoms. The highest BCUT2D eigenvalue weighted by atomic mass is 19.4. The minimum atomic E-state index is -4.91. The summed E-state index contributed by atoms with van der Waals surface area (Å²) in [5.74, 6) is -0.500. The Bertz CT molecular complexity index is 1100. The zero-order valence-corrected chi connectivity index (χ0v) is 16.4. The normalized spacial score (nSPS) is 21.8. The number of rotatable bonds is 4. The molecule has 3 aromatic rings. The van der Waals surface area contributed by atoms with Crippen molar-refractivity contribution in [3.63, 3.8) is 0 Å². The Balaban J connectivity index is 1.74. The summed E-state index contributed by atoms with van der Waals surface area (Å²) < 4.78 is 69.7. The van der Waals surface area contributed by atoms with E-state index in [1.54, 1.807) is 0 Å². The molecule has 1 unspecified atom stereocenters. The molecule has 0 radical (unpaired) electrons. The Hall–Kier alpha value is -2.79. The highest BCUT2D eigenvalue weighted by molar-refractivity contribution is 5.63. The lowest BCUT2D eigenvalue weighted by atomic mass is 9.97. The Morgan fingerprint density at radius 2 is 2.00 bits per heavy atom. The van der Waals surface area contributed by atoms with Crippen molar-refractivity contribution in [3.8, 4) is 11.4 Å². The predicted molar refractivity (Wildman–Crippen MR) is 104 cm³/mol. The van der Waals surface area contributed by atoms with Crippen LogP contribution in [0, 0.1) is 5.82 Å². The second-order valence-electron chi connectivity index (χ2n) is 7.65. The van der Waals surface area contributed by atoms with Crippen molar-refractivity contribution in [1.29, 1.82) is 0 Å². The van der Waals surface area contributed by atoms with Crippen LogP contribution in [0.15, 0.2) is 36.7 Å². The smallest absolute Gasteiger partial charge is 0.376 e. The van der Waals surface area contributed by atoms with Gasteiger partial charge in [-0.2, -0.15) is 13.2 Å². The Morgan fingerprint density at radius 3 is 2.71 bits per heavy atom. The molecule has 11 heteroatoms. The van der Waals surface area contributed by atoms with Gasteiger partial charge in [0.15, 0.2) is 11.4 Å². The minimum absolute atomic E-state index is 0.0922. The van der Waals surface area contributed by atoms with Gasteiger partial charge in [0.05, 0.1) is 17.9 Å². The first kappa shape index (κ1) is 21.4. The molecule has 4 rings (SSSR count). The number of anilines is 1. The first-order chi connectivity index (χ1) is 14.6. The molecule has 4 heterocycles. The molecule has 1 aliphatic rings. The third-order valence-corrected chi connectivity index (χ3v) is 5.44. The molecular weight excluding hydrogens is 421 g/mol. The largest absolute Gasteiger partial charge is 0.421 e. The number of pyridine rings is 2. The molecule has 1 aliphatic heterocycles. The molecule has 31 heavy (non-hydrogen) atoms. The van der Waals surface area contributed by atoms with E-state index in [0.717, 1.165) is 18.3 Å². The van der Waals surface area contributed by atoms with Crippen LogP contribution >= 0.6 is 0 Å². The van der Waals surface area contributed by atoms with Gasteiger partial charge in [0.2, 0.25) is 0 Å². The summed E-state index contributed by atoms with van der Waals surface area (Å²) in [6.45, 7) is 1.58. The summed E-state index contributed by atoms with van der Waals surface area (Å²) in [4.78, 5) is 8.29. The van der Waals surface area contributed by atoms with E-state index >= 15 is 0 Å². The summed E-state index contributed by atoms with van der Waals surface area (Å²) in [5.41, 5.74) is -3.37. The third-order valence-electron chi connectivity index (χ3n) is 5.44. The van der Waals surface area contributed by atoms with Gasteiger partial charge < -0.3 is 15.7 Å². The summed E-state index contributed by atoms with van der Waals surface area (Å²) in [7, 11) is 0. The Labute approximate surface area is 174 Å². The zero-order valence-electron chi connectivity index (χ0n) is 16.4. The van der Waals surface area contributed by atoms with Gasteiger partial charge in [0, 0.05) is 18.3 Å². The van der Waals surface area contributed by atoms with Crippen molar-refractivity contribution in [3.05, 3.63) is 48.0 Å². The lowest BCUT2D eigenvalue weighted by Crippen LogP contribution is -2.46. The average molecular weight is 441 g/mol. The summed E-state index contributed by atoms with van der Waals surface area (Å²) in [6, 6.07) is 4.36. The number of fused-ring (bicyclic) bond motifs is 1. The number of halogens is 5. The van der Waals surface area contributed by atoms with Crippen LogP contribution in [-0.2, 0) is 5.60 Å². The van der Waals surface area contributed by atoms with Gasteiger partial charge in [-0.15, -0.1) is 0 Å². The summed E-state index contributed by atoms with van der Waals surface area (Å²) in [6.07, 6.45) is -3.35. The number of hydrogen-bond donors (Lipinski definition) is 3.